The number of hydrogen-bond acceptors (Lipinski definition) is 4. The highest BCUT2D eigenvalue weighted by Crippen LogP contribution is 2.32. The average molecular weight is 567 g/mol. The van der Waals surface area contributed by atoms with E-state index < -0.39 is 0 Å². The van der Waals surface area contributed by atoms with E-state index in [9.17, 15) is 0 Å². The molecule has 3 aliphatic rings. The molecule has 3 aliphatic carbocycles. The Balaban J connectivity index is 1.29. The van der Waals surface area contributed by atoms with Crippen LogP contribution in [0.5, 0.6) is 0 Å². The summed E-state index contributed by atoms with van der Waals surface area (Å²) in [6.45, 7) is 2.42. The van der Waals surface area contributed by atoms with Gasteiger partial charge in [0.05, 0.1) is 35.2 Å². The first-order chi connectivity index (χ1) is 20.8. The Morgan fingerprint density at radius 1 is 0.595 bits per heavy atom. The van der Waals surface area contributed by atoms with Gasteiger partial charge in [0.2, 0.25) is 0 Å². The minimum absolute atomic E-state index is 0.505. The molecule has 0 N–H and O–H groups in total. The molecule has 224 valence electrons. The van der Waals surface area contributed by atoms with Gasteiger partial charge in [-0.25, -0.2) is 9.36 Å². The van der Waals surface area contributed by atoms with Crippen molar-refractivity contribution >= 4 is 11.4 Å². The van der Waals surface area contributed by atoms with Crippen molar-refractivity contribution in [1.29, 1.82) is 0 Å². The molecule has 42 heavy (non-hydrogen) atoms. The normalized spacial score (nSPS) is 29.5. The lowest BCUT2D eigenvalue weighted by molar-refractivity contribution is 0.390. The molecule has 2 heterocycles. The summed E-state index contributed by atoms with van der Waals surface area (Å²) in [5, 5.41) is 18.1. The molecule has 2 atom stereocenters. The van der Waals surface area contributed by atoms with Crippen molar-refractivity contribution in [3.05, 3.63) is 84.5 Å². The van der Waals surface area contributed by atoms with Crippen LogP contribution in [0.15, 0.2) is 73.2 Å². The van der Waals surface area contributed by atoms with Crippen LogP contribution < -0.4 is 0 Å². The monoisotopic (exact) mass is 566 g/mol. The van der Waals surface area contributed by atoms with Gasteiger partial charge in [-0.3, -0.25) is 0 Å². The maximum absolute atomic E-state index is 4.61. The molecule has 2 unspecified atom stereocenters. The smallest absolute Gasteiger partial charge is 0.0862 e. The molecule has 2 aromatic rings. The van der Waals surface area contributed by atoms with Gasteiger partial charge in [-0.2, -0.15) is 0 Å². The lowest BCUT2D eigenvalue weighted by atomic mass is 9.87. The van der Waals surface area contributed by atoms with Gasteiger partial charge in [0, 0.05) is 11.8 Å². The summed E-state index contributed by atoms with van der Waals surface area (Å²) in [5.74, 6) is 1.87. The van der Waals surface area contributed by atoms with Crippen molar-refractivity contribution in [2.24, 2.45) is 5.92 Å². The maximum atomic E-state index is 4.61. The van der Waals surface area contributed by atoms with Gasteiger partial charge in [0.15, 0.2) is 0 Å². The molecule has 0 saturated heterocycles. The standard InChI is InChI=1S/C36H50N6/c1-30-18-9-6-12-22-32(23-17-19-30)36-28-37-39-42(36)34-26-15-7-13-24-33(25-14-8-16-27-34)41-29-35(38-40-41)31-20-10-4-2-3-5-11-21-31/h7-8,13-16,24-32H,2-6,9-12,17-23H2,1H3/b13-7-,14-8?,15-7?,16-8-,24-13?,25-14-,26-15-,27-16?,33-24+,33-25?,34-26?,34-27+. The van der Waals surface area contributed by atoms with Gasteiger partial charge in [-0.05, 0) is 55.9 Å². The van der Waals surface area contributed by atoms with Gasteiger partial charge in [-0.1, -0.05) is 131 Å². The van der Waals surface area contributed by atoms with E-state index in [1.54, 1.807) is 0 Å². The molecule has 6 nitrogen and oxygen atoms in total. The van der Waals surface area contributed by atoms with E-state index in [1.165, 1.54) is 108 Å². The molecule has 5 rings (SSSR count). The van der Waals surface area contributed by atoms with Gasteiger partial charge in [0.1, 0.15) is 0 Å². The molecule has 2 fully saturated rings. The van der Waals surface area contributed by atoms with E-state index in [-0.39, 0.29) is 0 Å². The predicted octanol–water partition coefficient (Wildman–Crippen LogP) is 9.56. The van der Waals surface area contributed by atoms with Crippen LogP contribution in [0, 0.1) is 5.92 Å². The number of nitrogens with zero attached hydrogens (tertiary/aromatic N) is 6. The van der Waals surface area contributed by atoms with Crippen molar-refractivity contribution < 1.29 is 0 Å². The van der Waals surface area contributed by atoms with Crippen LogP contribution in [0.25, 0.3) is 11.4 Å². The summed E-state index contributed by atoms with van der Waals surface area (Å²) in [6.07, 6.45) is 45.9. The number of aromatic nitrogens is 6. The fraction of sp³-hybridized carbons (Fsp3) is 0.556. The van der Waals surface area contributed by atoms with E-state index in [1.807, 2.05) is 10.9 Å². The summed E-state index contributed by atoms with van der Waals surface area (Å²) in [7, 11) is 0. The summed E-state index contributed by atoms with van der Waals surface area (Å²) < 4.78 is 3.98. The van der Waals surface area contributed by atoms with Crippen LogP contribution in [0.3, 0.4) is 0 Å². The van der Waals surface area contributed by atoms with Crippen LogP contribution in [-0.4, -0.2) is 30.0 Å². The molecule has 0 aliphatic heterocycles. The molecule has 0 radical (unpaired) electrons. The first-order valence-electron chi connectivity index (χ1n) is 16.7. The lowest BCUT2D eigenvalue weighted by Gasteiger charge is -2.21. The lowest BCUT2D eigenvalue weighted by Crippen LogP contribution is -2.10. The third kappa shape index (κ3) is 8.86. The van der Waals surface area contributed by atoms with Crippen molar-refractivity contribution in [2.75, 3.05) is 0 Å². The van der Waals surface area contributed by atoms with E-state index in [0.29, 0.717) is 11.8 Å². The first kappa shape index (κ1) is 30.2. The molecule has 2 aromatic heterocycles. The van der Waals surface area contributed by atoms with E-state index in [4.69, 9.17) is 0 Å². The molecule has 6 heteroatoms. The predicted molar refractivity (Wildman–Crippen MR) is 174 cm³/mol. The fourth-order valence-electron chi connectivity index (χ4n) is 6.75. The largest absolute Gasteiger partial charge is 0.220 e. The van der Waals surface area contributed by atoms with Crippen molar-refractivity contribution in [1.82, 2.24) is 30.0 Å². The molecular weight excluding hydrogens is 516 g/mol. The molecule has 0 bridgehead atoms. The number of allylic oxidation sites excluding steroid dienone is 12. The molecule has 0 aromatic carbocycles. The van der Waals surface area contributed by atoms with E-state index >= 15 is 0 Å². The second-order valence-corrected chi connectivity index (χ2v) is 12.6. The number of hydrogen-bond donors (Lipinski definition) is 0. The highest BCUT2D eigenvalue weighted by atomic mass is 15.4. The second-order valence-electron chi connectivity index (χ2n) is 12.6. The average Bonchev–Trinajstić information content (AvgIpc) is 3.69. The summed E-state index contributed by atoms with van der Waals surface area (Å²) in [6, 6.07) is 0. The highest BCUT2D eigenvalue weighted by Gasteiger charge is 2.20. The summed E-state index contributed by atoms with van der Waals surface area (Å²) in [4.78, 5) is 0. The van der Waals surface area contributed by atoms with Crippen molar-refractivity contribution in [2.45, 2.75) is 121 Å². The maximum Gasteiger partial charge on any atom is 0.0862 e. The zero-order valence-corrected chi connectivity index (χ0v) is 25.7. The molecule has 2 saturated carbocycles. The zero-order chi connectivity index (χ0) is 28.8. The third-order valence-electron chi connectivity index (χ3n) is 9.30. The fourth-order valence-corrected chi connectivity index (χ4v) is 6.75. The van der Waals surface area contributed by atoms with Crippen LogP contribution >= 0.6 is 0 Å². The first-order valence-corrected chi connectivity index (χ1v) is 16.7. The number of rotatable bonds is 4. The molecule has 0 amide bonds. The van der Waals surface area contributed by atoms with E-state index in [2.05, 4.69) is 99.2 Å². The van der Waals surface area contributed by atoms with Crippen LogP contribution in [0.1, 0.15) is 133 Å². The Kier molecular flexibility index (Phi) is 11.8. The van der Waals surface area contributed by atoms with Gasteiger partial charge >= 0.3 is 0 Å². The summed E-state index contributed by atoms with van der Waals surface area (Å²) >= 11 is 0. The second kappa shape index (κ2) is 16.4. The molecule has 0 spiro atoms. The van der Waals surface area contributed by atoms with Crippen LogP contribution in [0.4, 0.5) is 0 Å². The van der Waals surface area contributed by atoms with Crippen molar-refractivity contribution in [3.8, 4) is 0 Å². The zero-order valence-electron chi connectivity index (χ0n) is 25.7. The van der Waals surface area contributed by atoms with E-state index in [0.717, 1.165) is 23.0 Å². The van der Waals surface area contributed by atoms with Crippen molar-refractivity contribution in [3.63, 3.8) is 0 Å². The molecular formula is C36H50N6. The van der Waals surface area contributed by atoms with Gasteiger partial charge in [0.25, 0.3) is 0 Å². The highest BCUT2D eigenvalue weighted by molar-refractivity contribution is 5.62. The van der Waals surface area contributed by atoms with Gasteiger partial charge < -0.3 is 0 Å². The third-order valence-corrected chi connectivity index (χ3v) is 9.30. The quantitative estimate of drug-likeness (QED) is 0.370. The topological polar surface area (TPSA) is 61.4 Å². The Labute approximate surface area is 253 Å². The minimum Gasteiger partial charge on any atom is -0.220 e. The SMILES string of the molecule is CC1CCCCCC(c2cnnn2C2=C/C=C\C=C/C(n3cc(C4CCCCCCCC4)nn3)=C\C=C/C=C\2)CCC1. The van der Waals surface area contributed by atoms with Crippen LogP contribution in [-0.2, 0) is 0 Å². The Bertz CT molecular complexity index is 1280. The van der Waals surface area contributed by atoms with Gasteiger partial charge in [-0.15, -0.1) is 10.2 Å². The summed E-state index contributed by atoms with van der Waals surface area (Å²) in [5.41, 5.74) is 4.41. The minimum atomic E-state index is 0.505. The van der Waals surface area contributed by atoms with Crippen LogP contribution in [0.2, 0.25) is 0 Å². The Hall–Kier alpha value is -3.28. The Morgan fingerprint density at radius 3 is 1.98 bits per heavy atom. The Morgan fingerprint density at radius 2 is 1.19 bits per heavy atom.